The highest BCUT2D eigenvalue weighted by atomic mass is 32.1. The second kappa shape index (κ2) is 4.06. The summed E-state index contributed by atoms with van der Waals surface area (Å²) in [6.07, 6.45) is 0. The summed E-state index contributed by atoms with van der Waals surface area (Å²) < 4.78 is 0. The molecule has 0 aromatic heterocycles. The number of thiocarbonyl (C=S) groups is 1. The van der Waals surface area contributed by atoms with Gasteiger partial charge in [-0.3, -0.25) is 0 Å². The minimum absolute atomic E-state index is 0.0880. The molecule has 0 heterocycles. The van der Waals surface area contributed by atoms with E-state index in [1.807, 2.05) is 0 Å². The van der Waals surface area contributed by atoms with Gasteiger partial charge in [-0.2, -0.15) is 0 Å². The first-order valence-electron chi connectivity index (χ1n) is 1.57. The number of hydrogen-bond donors (Lipinski definition) is 2. The van der Waals surface area contributed by atoms with Gasteiger partial charge in [0.1, 0.15) is 0 Å². The van der Waals surface area contributed by atoms with Crippen molar-refractivity contribution in [3.63, 3.8) is 0 Å². The Morgan fingerprint density at radius 1 is 1.12 bits per heavy atom. The molecule has 0 radical (unpaired) electrons. The summed E-state index contributed by atoms with van der Waals surface area (Å²) in [5, 5.41) is 11.8. The number of rotatable bonds is 0. The Morgan fingerprint density at radius 3 is 1.75 bits per heavy atom. The predicted octanol–water partition coefficient (Wildman–Crippen LogP) is -0.0769. The molecule has 0 unspecified atom stereocenters. The Labute approximate surface area is 50.6 Å². The maximum Gasteiger partial charge on any atom is 0.263 e. The smallest absolute Gasteiger partial charge is 0.263 e. The van der Waals surface area contributed by atoms with Gasteiger partial charge in [0.25, 0.3) is 5.11 Å². The SMILES string of the molecule is NN=NC(=S)N=NN. The van der Waals surface area contributed by atoms with Crippen molar-refractivity contribution >= 4 is 17.3 Å². The molecule has 0 bridgehead atoms. The van der Waals surface area contributed by atoms with Crippen LogP contribution in [0, 0.1) is 0 Å². The Hall–Kier alpha value is -1.11. The third kappa shape index (κ3) is 3.09. The van der Waals surface area contributed by atoms with Crippen molar-refractivity contribution < 1.29 is 0 Å². The van der Waals surface area contributed by atoms with E-state index in [-0.39, 0.29) is 5.11 Å². The molecule has 0 amide bonds. The van der Waals surface area contributed by atoms with Crippen LogP contribution in [0.3, 0.4) is 0 Å². The maximum atomic E-state index is 4.59. The van der Waals surface area contributed by atoms with E-state index in [1.165, 1.54) is 0 Å². The summed E-state index contributed by atoms with van der Waals surface area (Å²) >= 11 is 4.37. The van der Waals surface area contributed by atoms with Gasteiger partial charge in [-0.15, -0.1) is 0 Å². The Bertz CT molecular complexity index is 110. The zero-order valence-electron chi connectivity index (χ0n) is 3.85. The van der Waals surface area contributed by atoms with E-state index >= 15 is 0 Å². The highest BCUT2D eigenvalue weighted by Crippen LogP contribution is 1.80. The molecule has 7 heteroatoms. The number of nitrogens with zero attached hydrogens (tertiary/aromatic N) is 4. The third-order valence-corrected chi connectivity index (χ3v) is 0.450. The van der Waals surface area contributed by atoms with Crippen LogP contribution in [0.1, 0.15) is 0 Å². The molecule has 8 heavy (non-hydrogen) atoms. The van der Waals surface area contributed by atoms with Crippen LogP contribution in [0.4, 0.5) is 0 Å². The van der Waals surface area contributed by atoms with Crippen LogP contribution in [0.2, 0.25) is 0 Å². The molecule has 0 rings (SSSR count). The van der Waals surface area contributed by atoms with Crippen molar-refractivity contribution in [2.24, 2.45) is 32.4 Å². The summed E-state index contributed by atoms with van der Waals surface area (Å²) in [7, 11) is 0. The molecule has 0 aliphatic rings. The van der Waals surface area contributed by atoms with Crippen molar-refractivity contribution in [3.8, 4) is 0 Å². The fourth-order valence-corrected chi connectivity index (χ4v) is 0.213. The van der Waals surface area contributed by atoms with Crippen LogP contribution in [0.25, 0.3) is 0 Å². The first kappa shape index (κ1) is 6.89. The van der Waals surface area contributed by atoms with E-state index in [4.69, 9.17) is 0 Å². The van der Waals surface area contributed by atoms with Crippen molar-refractivity contribution in [2.75, 3.05) is 0 Å². The normalized spacial score (nSPS) is 11.0. The molecule has 0 aromatic carbocycles. The molecule has 0 saturated carbocycles. The molecule has 44 valence electrons. The summed E-state index contributed by atoms with van der Waals surface area (Å²) in [5.74, 6) is 9.18. The zero-order valence-corrected chi connectivity index (χ0v) is 4.67. The lowest BCUT2D eigenvalue weighted by molar-refractivity contribution is 1.04. The topological polar surface area (TPSA) is 101 Å². The first-order valence-corrected chi connectivity index (χ1v) is 1.98. The van der Waals surface area contributed by atoms with Gasteiger partial charge < -0.3 is 11.7 Å². The molecular formula is CH4N6S. The van der Waals surface area contributed by atoms with Gasteiger partial charge in [-0.1, -0.05) is 20.7 Å². The van der Waals surface area contributed by atoms with E-state index in [1.54, 1.807) is 0 Å². The number of nitrogens with two attached hydrogens (primary N) is 2. The molecular weight excluding hydrogens is 128 g/mol. The van der Waals surface area contributed by atoms with Gasteiger partial charge in [0, 0.05) is 0 Å². The summed E-state index contributed by atoms with van der Waals surface area (Å²) in [5.41, 5.74) is 0. The fourth-order valence-electron chi connectivity index (χ4n) is 0.119. The molecule has 6 nitrogen and oxygen atoms in total. The molecule has 4 N–H and O–H groups in total. The van der Waals surface area contributed by atoms with Crippen LogP contribution in [0.15, 0.2) is 20.7 Å². The van der Waals surface area contributed by atoms with Crippen LogP contribution in [0.5, 0.6) is 0 Å². The van der Waals surface area contributed by atoms with Gasteiger partial charge in [0.2, 0.25) is 0 Å². The van der Waals surface area contributed by atoms with Gasteiger partial charge >= 0.3 is 0 Å². The molecule has 0 saturated heterocycles. The van der Waals surface area contributed by atoms with Gasteiger partial charge in [0.05, 0.1) is 0 Å². The van der Waals surface area contributed by atoms with Crippen LogP contribution < -0.4 is 11.7 Å². The van der Waals surface area contributed by atoms with E-state index in [9.17, 15) is 0 Å². The first-order chi connectivity index (χ1) is 3.81. The second-order valence-electron chi connectivity index (χ2n) is 0.714. The van der Waals surface area contributed by atoms with E-state index in [0.717, 1.165) is 0 Å². The molecule has 0 fully saturated rings. The lowest BCUT2D eigenvalue weighted by Gasteiger charge is -1.76. The quantitative estimate of drug-likeness (QED) is 0.208. The average Bonchev–Trinajstić information content (AvgIpc) is 1.68. The average molecular weight is 132 g/mol. The van der Waals surface area contributed by atoms with Crippen molar-refractivity contribution in [1.29, 1.82) is 0 Å². The Morgan fingerprint density at radius 2 is 1.50 bits per heavy atom. The molecule has 0 aliphatic heterocycles. The third-order valence-electron chi connectivity index (χ3n) is 0.287. The predicted molar refractivity (Wildman–Crippen MR) is 30.7 cm³/mol. The molecule has 0 aromatic rings. The summed E-state index contributed by atoms with van der Waals surface area (Å²) in [4.78, 5) is 0. The van der Waals surface area contributed by atoms with Gasteiger partial charge in [-0.25, -0.2) is 0 Å². The fraction of sp³-hybridized carbons (Fsp3) is 0. The summed E-state index contributed by atoms with van der Waals surface area (Å²) in [6, 6.07) is 0. The van der Waals surface area contributed by atoms with Crippen LogP contribution >= 0.6 is 12.2 Å². The second-order valence-corrected chi connectivity index (χ2v) is 1.08. The minimum atomic E-state index is -0.0880. The molecule has 0 atom stereocenters. The lowest BCUT2D eigenvalue weighted by atomic mass is 11.2. The number of hydrogen-bond acceptors (Lipinski definition) is 3. The standard InChI is InChI=1S/CH4N6S/c2-6-4-1(8)5-7-3/h(H4,2,3,4,5,8). The van der Waals surface area contributed by atoms with E-state index < -0.39 is 0 Å². The molecule has 0 spiro atoms. The Balaban J connectivity index is 3.66. The van der Waals surface area contributed by atoms with Gasteiger partial charge in [0.15, 0.2) is 0 Å². The van der Waals surface area contributed by atoms with E-state index in [2.05, 4.69) is 44.6 Å². The highest BCUT2D eigenvalue weighted by molar-refractivity contribution is 7.80. The lowest BCUT2D eigenvalue weighted by Crippen LogP contribution is -1.86. The minimum Gasteiger partial charge on any atom is -0.304 e. The van der Waals surface area contributed by atoms with Crippen LogP contribution in [-0.4, -0.2) is 5.11 Å². The zero-order chi connectivity index (χ0) is 6.41. The van der Waals surface area contributed by atoms with Crippen molar-refractivity contribution in [1.82, 2.24) is 0 Å². The largest absolute Gasteiger partial charge is 0.304 e. The maximum absolute atomic E-state index is 4.59. The summed E-state index contributed by atoms with van der Waals surface area (Å²) in [6.45, 7) is 0. The molecule has 0 aliphatic carbocycles. The van der Waals surface area contributed by atoms with Crippen LogP contribution in [-0.2, 0) is 0 Å². The van der Waals surface area contributed by atoms with Crippen molar-refractivity contribution in [3.05, 3.63) is 0 Å². The Kier molecular flexibility index (Phi) is 3.50. The highest BCUT2D eigenvalue weighted by Gasteiger charge is 1.82. The van der Waals surface area contributed by atoms with Gasteiger partial charge in [-0.05, 0) is 12.2 Å². The monoisotopic (exact) mass is 132 g/mol. The van der Waals surface area contributed by atoms with E-state index in [0.29, 0.717) is 0 Å². The van der Waals surface area contributed by atoms with Crippen molar-refractivity contribution in [2.45, 2.75) is 0 Å².